The predicted octanol–water partition coefficient (Wildman–Crippen LogP) is 5.55. The highest BCUT2D eigenvalue weighted by Gasteiger charge is 2.29. The van der Waals surface area contributed by atoms with E-state index in [0.717, 1.165) is 32.5 Å². The molecule has 0 saturated heterocycles. The Morgan fingerprint density at radius 3 is 2.69 bits per heavy atom. The van der Waals surface area contributed by atoms with Gasteiger partial charge in [0.15, 0.2) is 0 Å². The molecule has 32 heavy (non-hydrogen) atoms. The van der Waals surface area contributed by atoms with E-state index in [1.165, 1.54) is 12.1 Å². The van der Waals surface area contributed by atoms with E-state index in [0.29, 0.717) is 22.7 Å². The number of aromatic hydroxyl groups is 1. The van der Waals surface area contributed by atoms with Gasteiger partial charge >= 0.3 is 0 Å². The van der Waals surface area contributed by atoms with Gasteiger partial charge in [-0.2, -0.15) is 10.2 Å². The highest BCUT2D eigenvalue weighted by molar-refractivity contribution is 7.15. The maximum atomic E-state index is 13.4. The minimum atomic E-state index is -0.299. The maximum absolute atomic E-state index is 13.4. The smallest absolute Gasteiger partial charge is 0.124 e. The minimum absolute atomic E-state index is 0.131. The SMILES string of the molecule is Cc1nc(C)c(-c2nn(-c3ccc(F)cc3)cc2C2CC(c3cc(Cl)ccc3O)=NN2)s1. The van der Waals surface area contributed by atoms with Gasteiger partial charge in [0.05, 0.1) is 33.0 Å². The largest absolute Gasteiger partial charge is 0.507 e. The number of hydrogen-bond donors (Lipinski definition) is 2. The average molecular weight is 468 g/mol. The van der Waals surface area contributed by atoms with E-state index in [-0.39, 0.29) is 17.6 Å². The zero-order valence-electron chi connectivity index (χ0n) is 17.3. The van der Waals surface area contributed by atoms with Gasteiger partial charge in [-0.3, -0.25) is 0 Å². The number of aromatic nitrogens is 3. The molecular weight excluding hydrogens is 449 g/mol. The summed E-state index contributed by atoms with van der Waals surface area (Å²) in [6.45, 7) is 3.93. The fourth-order valence-electron chi connectivity index (χ4n) is 3.83. The lowest BCUT2D eigenvalue weighted by Crippen LogP contribution is -2.10. The van der Waals surface area contributed by atoms with Crippen LogP contribution >= 0.6 is 22.9 Å². The zero-order chi connectivity index (χ0) is 22.4. The molecule has 0 bridgehead atoms. The van der Waals surface area contributed by atoms with Crippen LogP contribution in [0.3, 0.4) is 0 Å². The first-order chi connectivity index (χ1) is 15.4. The normalized spacial score (nSPS) is 15.6. The molecule has 162 valence electrons. The van der Waals surface area contributed by atoms with Crippen LogP contribution in [0, 0.1) is 19.7 Å². The Bertz CT molecular complexity index is 1350. The Morgan fingerprint density at radius 2 is 1.97 bits per heavy atom. The number of halogens is 2. The van der Waals surface area contributed by atoms with Crippen molar-refractivity contribution in [3.63, 3.8) is 0 Å². The van der Waals surface area contributed by atoms with Gasteiger partial charge in [0.2, 0.25) is 0 Å². The molecule has 0 amide bonds. The van der Waals surface area contributed by atoms with Crippen molar-refractivity contribution in [1.82, 2.24) is 20.2 Å². The van der Waals surface area contributed by atoms with Crippen LogP contribution in [0.15, 0.2) is 53.8 Å². The Balaban J connectivity index is 1.55. The van der Waals surface area contributed by atoms with Crippen molar-refractivity contribution in [3.8, 4) is 22.0 Å². The van der Waals surface area contributed by atoms with Crippen molar-refractivity contribution >= 4 is 28.6 Å². The van der Waals surface area contributed by atoms with Crippen molar-refractivity contribution in [2.75, 3.05) is 0 Å². The standard InChI is InChI=1S/C23H19ClFN5OS/c1-12-23(32-13(2)26-12)22-18(11-30(29-22)16-6-4-15(25)5-7-16)20-10-19(27-28-20)17-9-14(24)3-8-21(17)31/h3-9,11,20,28,31H,10H2,1-2H3. The number of phenols is 1. The summed E-state index contributed by atoms with van der Waals surface area (Å²) in [5.41, 5.74) is 7.91. The number of benzene rings is 2. The molecule has 1 aliphatic heterocycles. The second kappa shape index (κ2) is 8.03. The molecule has 6 nitrogen and oxygen atoms in total. The Kier molecular flexibility index (Phi) is 5.19. The molecule has 9 heteroatoms. The molecule has 5 rings (SSSR count). The number of thiazole rings is 1. The van der Waals surface area contributed by atoms with Crippen molar-refractivity contribution < 1.29 is 9.50 Å². The van der Waals surface area contributed by atoms with Gasteiger partial charge in [0.25, 0.3) is 0 Å². The Morgan fingerprint density at radius 1 is 1.19 bits per heavy atom. The number of aryl methyl sites for hydroxylation is 2. The number of nitrogens with zero attached hydrogens (tertiary/aromatic N) is 4. The summed E-state index contributed by atoms with van der Waals surface area (Å²) in [6, 6.07) is 11.0. The molecule has 1 unspecified atom stereocenters. The van der Waals surface area contributed by atoms with Crippen LogP contribution in [0.2, 0.25) is 5.02 Å². The van der Waals surface area contributed by atoms with Crippen LogP contribution < -0.4 is 5.43 Å². The van der Waals surface area contributed by atoms with Gasteiger partial charge in [0.1, 0.15) is 17.3 Å². The quantitative estimate of drug-likeness (QED) is 0.412. The van der Waals surface area contributed by atoms with E-state index in [1.807, 2.05) is 20.0 Å². The van der Waals surface area contributed by atoms with Crippen LogP contribution in [0.25, 0.3) is 16.3 Å². The number of hydrogen-bond acceptors (Lipinski definition) is 6. The number of rotatable bonds is 4. The molecule has 1 atom stereocenters. The summed E-state index contributed by atoms with van der Waals surface area (Å²) in [5, 5.41) is 21.1. The zero-order valence-corrected chi connectivity index (χ0v) is 18.9. The summed E-state index contributed by atoms with van der Waals surface area (Å²) < 4.78 is 15.2. The van der Waals surface area contributed by atoms with Crippen LogP contribution in [0.4, 0.5) is 4.39 Å². The van der Waals surface area contributed by atoms with Crippen molar-refractivity contribution in [2.24, 2.45) is 5.10 Å². The van der Waals surface area contributed by atoms with Gasteiger partial charge in [-0.25, -0.2) is 14.1 Å². The lowest BCUT2D eigenvalue weighted by atomic mass is 9.98. The van der Waals surface area contributed by atoms with Gasteiger partial charge < -0.3 is 10.5 Å². The molecule has 4 aromatic rings. The molecule has 0 saturated carbocycles. The molecule has 2 aromatic heterocycles. The first kappa shape index (κ1) is 20.7. The molecule has 0 spiro atoms. The summed E-state index contributed by atoms with van der Waals surface area (Å²) in [5.74, 6) is -0.168. The van der Waals surface area contributed by atoms with Crippen LogP contribution in [0.1, 0.15) is 34.3 Å². The third-order valence-corrected chi connectivity index (χ3v) is 6.66. The summed E-state index contributed by atoms with van der Waals surface area (Å²) in [4.78, 5) is 5.54. The minimum Gasteiger partial charge on any atom is -0.507 e. The summed E-state index contributed by atoms with van der Waals surface area (Å²) in [7, 11) is 0. The van der Waals surface area contributed by atoms with E-state index in [1.54, 1.807) is 46.4 Å². The summed E-state index contributed by atoms with van der Waals surface area (Å²) in [6.07, 6.45) is 2.48. The lowest BCUT2D eigenvalue weighted by molar-refractivity contribution is 0.474. The van der Waals surface area contributed by atoms with E-state index in [4.69, 9.17) is 16.7 Å². The molecule has 0 aliphatic carbocycles. The summed E-state index contributed by atoms with van der Waals surface area (Å²) >= 11 is 7.71. The van der Waals surface area contributed by atoms with Gasteiger partial charge in [-0.05, 0) is 56.3 Å². The topological polar surface area (TPSA) is 75.3 Å². The highest BCUT2D eigenvalue weighted by atomic mass is 35.5. The average Bonchev–Trinajstić information content (AvgIpc) is 3.48. The van der Waals surface area contributed by atoms with E-state index in [9.17, 15) is 9.50 Å². The third-order valence-electron chi connectivity index (χ3n) is 5.35. The van der Waals surface area contributed by atoms with E-state index < -0.39 is 0 Å². The van der Waals surface area contributed by atoms with Crippen LogP contribution in [-0.4, -0.2) is 25.6 Å². The second-order valence-electron chi connectivity index (χ2n) is 7.61. The number of phenolic OH excluding ortho intramolecular Hbond substituents is 1. The molecule has 3 heterocycles. The fourth-order valence-corrected chi connectivity index (χ4v) is 4.92. The number of nitrogens with one attached hydrogen (secondary N) is 1. The highest BCUT2D eigenvalue weighted by Crippen LogP contribution is 2.38. The van der Waals surface area contributed by atoms with Crippen molar-refractivity contribution in [1.29, 1.82) is 0 Å². The molecule has 2 aromatic carbocycles. The molecule has 0 radical (unpaired) electrons. The van der Waals surface area contributed by atoms with E-state index >= 15 is 0 Å². The third kappa shape index (κ3) is 3.76. The first-order valence-corrected chi connectivity index (χ1v) is 11.2. The molecule has 2 N–H and O–H groups in total. The molecule has 1 aliphatic rings. The van der Waals surface area contributed by atoms with Crippen molar-refractivity contribution in [3.05, 3.63) is 81.3 Å². The lowest BCUT2D eigenvalue weighted by Gasteiger charge is -2.10. The Hall–Kier alpha value is -3.23. The van der Waals surface area contributed by atoms with Crippen LogP contribution in [-0.2, 0) is 0 Å². The van der Waals surface area contributed by atoms with Crippen molar-refractivity contribution in [2.45, 2.75) is 26.3 Å². The monoisotopic (exact) mass is 467 g/mol. The van der Waals surface area contributed by atoms with Gasteiger partial charge in [-0.15, -0.1) is 11.3 Å². The maximum Gasteiger partial charge on any atom is 0.124 e. The van der Waals surface area contributed by atoms with Crippen LogP contribution in [0.5, 0.6) is 5.75 Å². The fraction of sp³-hybridized carbons (Fsp3) is 0.174. The molecule has 0 fully saturated rings. The van der Waals surface area contributed by atoms with Gasteiger partial charge in [-0.1, -0.05) is 11.6 Å². The number of hydrazone groups is 1. The van der Waals surface area contributed by atoms with Gasteiger partial charge in [0, 0.05) is 28.8 Å². The Labute approximate surface area is 193 Å². The van der Waals surface area contributed by atoms with E-state index in [2.05, 4.69) is 15.5 Å². The first-order valence-electron chi connectivity index (χ1n) is 10.00. The predicted molar refractivity (Wildman–Crippen MR) is 124 cm³/mol. The molecular formula is C23H19ClFN5OS. The second-order valence-corrected chi connectivity index (χ2v) is 9.25.